The zero-order valence-corrected chi connectivity index (χ0v) is 12.1. The third-order valence-electron chi connectivity index (χ3n) is 3.20. The van der Waals surface area contributed by atoms with E-state index in [2.05, 4.69) is 10.1 Å². The molecule has 0 saturated heterocycles. The standard InChI is InChI=1S/C13H18N2O4S/c1-19-13(16)6-9-20(17,18)15-8-7-14-10-11-4-2-3-5-12(11)15/h2-5,14H,6-10H2,1H3. The lowest BCUT2D eigenvalue weighted by Crippen LogP contribution is -2.37. The Morgan fingerprint density at radius 3 is 2.90 bits per heavy atom. The molecule has 1 aliphatic heterocycles. The molecule has 1 N–H and O–H groups in total. The largest absolute Gasteiger partial charge is 0.469 e. The Bertz CT molecular complexity index is 586. The van der Waals surface area contributed by atoms with Gasteiger partial charge in [0.1, 0.15) is 0 Å². The van der Waals surface area contributed by atoms with Gasteiger partial charge in [-0.1, -0.05) is 18.2 Å². The molecule has 7 heteroatoms. The van der Waals surface area contributed by atoms with Crippen molar-refractivity contribution < 1.29 is 17.9 Å². The predicted octanol–water partition coefficient (Wildman–Crippen LogP) is 0.489. The quantitative estimate of drug-likeness (QED) is 0.819. The molecule has 20 heavy (non-hydrogen) atoms. The topological polar surface area (TPSA) is 75.7 Å². The van der Waals surface area contributed by atoms with E-state index in [9.17, 15) is 13.2 Å². The zero-order valence-electron chi connectivity index (χ0n) is 11.3. The van der Waals surface area contributed by atoms with Gasteiger partial charge in [-0.05, 0) is 11.6 Å². The van der Waals surface area contributed by atoms with Crippen LogP contribution < -0.4 is 9.62 Å². The maximum Gasteiger partial charge on any atom is 0.306 e. The minimum atomic E-state index is -3.53. The van der Waals surface area contributed by atoms with Crippen LogP contribution in [0.25, 0.3) is 0 Å². The lowest BCUT2D eigenvalue weighted by Gasteiger charge is -2.23. The Kier molecular flexibility index (Phi) is 4.61. The first-order valence-corrected chi connectivity index (χ1v) is 8.01. The first-order chi connectivity index (χ1) is 9.54. The van der Waals surface area contributed by atoms with Crippen LogP contribution in [0.4, 0.5) is 5.69 Å². The van der Waals surface area contributed by atoms with Gasteiger partial charge in [-0.3, -0.25) is 9.10 Å². The smallest absolute Gasteiger partial charge is 0.306 e. The van der Waals surface area contributed by atoms with Crippen molar-refractivity contribution in [1.82, 2.24) is 5.32 Å². The molecular formula is C13H18N2O4S. The molecule has 110 valence electrons. The van der Waals surface area contributed by atoms with Crippen LogP contribution in [0.1, 0.15) is 12.0 Å². The number of fused-ring (bicyclic) bond motifs is 1. The van der Waals surface area contributed by atoms with Gasteiger partial charge >= 0.3 is 5.97 Å². The van der Waals surface area contributed by atoms with Gasteiger partial charge in [0, 0.05) is 19.6 Å². The summed E-state index contributed by atoms with van der Waals surface area (Å²) in [6.07, 6.45) is -0.134. The molecule has 0 aromatic heterocycles. The molecule has 1 aliphatic rings. The Labute approximate surface area is 118 Å². The highest BCUT2D eigenvalue weighted by molar-refractivity contribution is 7.92. The number of para-hydroxylation sites is 1. The van der Waals surface area contributed by atoms with E-state index in [0.29, 0.717) is 25.3 Å². The molecular weight excluding hydrogens is 280 g/mol. The van der Waals surface area contributed by atoms with E-state index in [1.165, 1.54) is 11.4 Å². The lowest BCUT2D eigenvalue weighted by molar-refractivity contribution is -0.140. The summed E-state index contributed by atoms with van der Waals surface area (Å²) in [6, 6.07) is 7.38. The molecule has 0 spiro atoms. The number of carbonyl (C=O) groups is 1. The number of rotatable bonds is 4. The van der Waals surface area contributed by atoms with E-state index in [-0.39, 0.29) is 12.2 Å². The van der Waals surface area contributed by atoms with Crippen LogP contribution in [-0.2, 0) is 26.1 Å². The number of hydrogen-bond acceptors (Lipinski definition) is 5. The van der Waals surface area contributed by atoms with Crippen molar-refractivity contribution in [2.45, 2.75) is 13.0 Å². The van der Waals surface area contributed by atoms with E-state index in [0.717, 1.165) is 5.56 Å². The highest BCUT2D eigenvalue weighted by Gasteiger charge is 2.26. The number of benzene rings is 1. The lowest BCUT2D eigenvalue weighted by atomic mass is 10.2. The fourth-order valence-electron chi connectivity index (χ4n) is 2.14. The molecule has 0 aliphatic carbocycles. The second kappa shape index (κ2) is 6.23. The van der Waals surface area contributed by atoms with Gasteiger partial charge in [-0.25, -0.2) is 8.42 Å². The molecule has 0 unspecified atom stereocenters. The minimum Gasteiger partial charge on any atom is -0.469 e. The van der Waals surface area contributed by atoms with Gasteiger partial charge in [-0.15, -0.1) is 0 Å². The van der Waals surface area contributed by atoms with Gasteiger partial charge in [-0.2, -0.15) is 0 Å². The monoisotopic (exact) mass is 298 g/mol. The van der Waals surface area contributed by atoms with E-state index in [4.69, 9.17) is 0 Å². The van der Waals surface area contributed by atoms with Crippen LogP contribution in [0.3, 0.4) is 0 Å². The normalized spacial score (nSPS) is 15.3. The average molecular weight is 298 g/mol. The van der Waals surface area contributed by atoms with E-state index < -0.39 is 16.0 Å². The molecule has 1 aromatic carbocycles. The van der Waals surface area contributed by atoms with Crippen LogP contribution in [0.15, 0.2) is 24.3 Å². The number of sulfonamides is 1. The summed E-state index contributed by atoms with van der Waals surface area (Å²) in [4.78, 5) is 11.1. The van der Waals surface area contributed by atoms with Crippen molar-refractivity contribution in [3.05, 3.63) is 29.8 Å². The number of nitrogens with zero attached hydrogens (tertiary/aromatic N) is 1. The summed E-state index contributed by atoms with van der Waals surface area (Å²) in [5.74, 6) is -0.761. The number of methoxy groups -OCH3 is 1. The summed E-state index contributed by atoms with van der Waals surface area (Å²) >= 11 is 0. The van der Waals surface area contributed by atoms with Gasteiger partial charge in [0.15, 0.2) is 0 Å². The maximum absolute atomic E-state index is 12.4. The molecule has 0 radical (unpaired) electrons. The molecule has 0 atom stereocenters. The Balaban J connectivity index is 2.24. The maximum atomic E-state index is 12.4. The van der Waals surface area contributed by atoms with Crippen LogP contribution in [0.5, 0.6) is 0 Å². The second-order valence-electron chi connectivity index (χ2n) is 4.52. The molecule has 1 aromatic rings. The number of esters is 1. The average Bonchev–Trinajstić information content (AvgIpc) is 2.67. The number of carbonyl (C=O) groups excluding carboxylic acids is 1. The molecule has 6 nitrogen and oxygen atoms in total. The Hall–Kier alpha value is -1.60. The molecule has 0 bridgehead atoms. The molecule has 0 amide bonds. The molecule has 2 rings (SSSR count). The fraction of sp³-hybridized carbons (Fsp3) is 0.462. The van der Waals surface area contributed by atoms with Crippen LogP contribution >= 0.6 is 0 Å². The first kappa shape index (κ1) is 14.8. The van der Waals surface area contributed by atoms with E-state index in [1.54, 1.807) is 6.07 Å². The van der Waals surface area contributed by atoms with E-state index >= 15 is 0 Å². The van der Waals surface area contributed by atoms with E-state index in [1.807, 2.05) is 18.2 Å². The van der Waals surface area contributed by atoms with Gasteiger partial charge in [0.05, 0.1) is 25.0 Å². The molecule has 0 saturated carbocycles. The van der Waals surface area contributed by atoms with Crippen molar-refractivity contribution in [2.75, 3.05) is 30.3 Å². The first-order valence-electron chi connectivity index (χ1n) is 6.40. The highest BCUT2D eigenvalue weighted by Crippen LogP contribution is 2.25. The molecule has 0 fully saturated rings. The van der Waals surface area contributed by atoms with Crippen molar-refractivity contribution in [3.63, 3.8) is 0 Å². The summed E-state index contributed by atoms with van der Waals surface area (Å²) < 4.78 is 30.7. The summed E-state index contributed by atoms with van der Waals surface area (Å²) in [5, 5.41) is 3.18. The van der Waals surface area contributed by atoms with Gasteiger partial charge in [0.2, 0.25) is 10.0 Å². The number of ether oxygens (including phenoxy) is 1. The van der Waals surface area contributed by atoms with Crippen molar-refractivity contribution in [2.24, 2.45) is 0 Å². The Morgan fingerprint density at radius 1 is 1.40 bits per heavy atom. The minimum absolute atomic E-state index is 0.134. The number of hydrogen-bond donors (Lipinski definition) is 1. The van der Waals surface area contributed by atoms with Crippen molar-refractivity contribution >= 4 is 21.7 Å². The summed E-state index contributed by atoms with van der Waals surface area (Å²) in [6.45, 7) is 1.58. The third-order valence-corrected chi connectivity index (χ3v) is 4.97. The van der Waals surface area contributed by atoms with Gasteiger partial charge < -0.3 is 10.1 Å². The fourth-order valence-corrected chi connectivity index (χ4v) is 3.63. The second-order valence-corrected chi connectivity index (χ2v) is 6.53. The number of anilines is 1. The third kappa shape index (κ3) is 3.29. The SMILES string of the molecule is COC(=O)CCS(=O)(=O)N1CCNCc2ccccc21. The zero-order chi connectivity index (χ0) is 14.6. The Morgan fingerprint density at radius 2 is 2.15 bits per heavy atom. The summed E-state index contributed by atoms with van der Waals surface area (Å²) in [5.41, 5.74) is 1.62. The number of nitrogens with one attached hydrogen (secondary N) is 1. The van der Waals surface area contributed by atoms with Crippen molar-refractivity contribution in [3.8, 4) is 0 Å². The predicted molar refractivity (Wildman–Crippen MR) is 75.9 cm³/mol. The van der Waals surface area contributed by atoms with Crippen LogP contribution in [0, 0.1) is 0 Å². The highest BCUT2D eigenvalue weighted by atomic mass is 32.2. The summed E-state index contributed by atoms with van der Waals surface area (Å²) in [7, 11) is -2.28. The van der Waals surface area contributed by atoms with Gasteiger partial charge in [0.25, 0.3) is 0 Å². The van der Waals surface area contributed by atoms with Crippen LogP contribution in [0.2, 0.25) is 0 Å². The van der Waals surface area contributed by atoms with Crippen molar-refractivity contribution in [1.29, 1.82) is 0 Å². The van der Waals surface area contributed by atoms with Crippen LogP contribution in [-0.4, -0.2) is 40.3 Å². The molecule has 1 heterocycles.